The summed E-state index contributed by atoms with van der Waals surface area (Å²) in [4.78, 5) is 12.1. The summed E-state index contributed by atoms with van der Waals surface area (Å²) in [5, 5.41) is 13.7. The first-order valence-electron chi connectivity index (χ1n) is 7.74. The van der Waals surface area contributed by atoms with E-state index in [1.807, 2.05) is 24.3 Å². The maximum Gasteiger partial charge on any atom is 0.185 e. The predicted octanol–water partition coefficient (Wildman–Crippen LogP) is 3.11. The van der Waals surface area contributed by atoms with E-state index < -0.39 is 0 Å². The first-order valence-corrected chi connectivity index (χ1v) is 8.12. The zero-order valence-corrected chi connectivity index (χ0v) is 13.9. The molecule has 0 fully saturated rings. The van der Waals surface area contributed by atoms with Crippen molar-refractivity contribution in [3.8, 4) is 11.1 Å². The van der Waals surface area contributed by atoms with E-state index in [1.54, 1.807) is 11.6 Å². The molecule has 0 radical (unpaired) electrons. The number of carbonyl (C=O) groups excluding carboxylic acids is 1. The van der Waals surface area contributed by atoms with Crippen molar-refractivity contribution < 1.29 is 9.53 Å². The molecule has 122 valence electrons. The average molecular weight is 343 g/mol. The number of fused-ring (bicyclic) bond motifs is 3. The highest BCUT2D eigenvalue weighted by atomic mass is 35.5. The van der Waals surface area contributed by atoms with Crippen LogP contribution in [0.5, 0.6) is 0 Å². The Kier molecular flexibility index (Phi) is 3.78. The normalized spacial score (nSPS) is 14.2. The van der Waals surface area contributed by atoms with Crippen LogP contribution in [0.15, 0.2) is 24.3 Å². The van der Waals surface area contributed by atoms with Gasteiger partial charge in [-0.2, -0.15) is 5.10 Å². The number of ether oxygens (including phenoxy) is 1. The lowest BCUT2D eigenvalue weighted by atomic mass is 9.99. The molecule has 0 atom stereocenters. The first-order chi connectivity index (χ1) is 11.7. The number of rotatable bonds is 3. The highest BCUT2D eigenvalue weighted by Gasteiger charge is 2.26. The minimum Gasteiger partial charge on any atom is -0.378 e. The molecule has 4 rings (SSSR count). The Morgan fingerprint density at radius 3 is 2.96 bits per heavy atom. The number of carbonyl (C=O) groups is 1. The van der Waals surface area contributed by atoms with Crippen molar-refractivity contribution in [2.24, 2.45) is 0 Å². The Morgan fingerprint density at radius 1 is 1.29 bits per heavy atom. The molecule has 24 heavy (non-hydrogen) atoms. The molecular weight excluding hydrogens is 328 g/mol. The maximum absolute atomic E-state index is 12.1. The van der Waals surface area contributed by atoms with Crippen LogP contribution < -0.4 is 0 Å². The van der Waals surface area contributed by atoms with Crippen LogP contribution in [0.3, 0.4) is 0 Å². The van der Waals surface area contributed by atoms with Crippen LogP contribution >= 0.6 is 11.6 Å². The number of halogens is 1. The van der Waals surface area contributed by atoms with Crippen LogP contribution in [0.4, 0.5) is 0 Å². The number of aromatic nitrogens is 4. The minimum absolute atomic E-state index is 0.0266. The Labute approximate surface area is 143 Å². The molecule has 1 aromatic carbocycles. The van der Waals surface area contributed by atoms with Crippen LogP contribution in [-0.2, 0) is 17.8 Å². The molecule has 2 aromatic heterocycles. The Bertz CT molecular complexity index is 951. The molecule has 0 amide bonds. The molecular formula is C17H15ClN4O2. The fraction of sp³-hybridized carbons (Fsp3) is 0.294. The molecule has 0 aliphatic heterocycles. The Balaban J connectivity index is 2.01. The summed E-state index contributed by atoms with van der Waals surface area (Å²) < 4.78 is 7.03. The molecule has 2 heterocycles. The molecule has 7 heteroatoms. The SMILES string of the molecule is COCc1nn2c3c(nnc2c1-c1cccc(Cl)c1)C(=O)CCC3. The highest BCUT2D eigenvalue weighted by Crippen LogP contribution is 2.31. The largest absolute Gasteiger partial charge is 0.378 e. The molecule has 1 aliphatic carbocycles. The third kappa shape index (κ3) is 2.39. The van der Waals surface area contributed by atoms with Gasteiger partial charge in [0.1, 0.15) is 0 Å². The van der Waals surface area contributed by atoms with Gasteiger partial charge in [0.2, 0.25) is 0 Å². The molecule has 6 nitrogen and oxygen atoms in total. The van der Waals surface area contributed by atoms with E-state index in [4.69, 9.17) is 16.3 Å². The molecule has 0 unspecified atom stereocenters. The quantitative estimate of drug-likeness (QED) is 0.731. The van der Waals surface area contributed by atoms with Crippen molar-refractivity contribution in [1.82, 2.24) is 19.8 Å². The fourth-order valence-corrected chi connectivity index (χ4v) is 3.33. The van der Waals surface area contributed by atoms with Crippen LogP contribution in [0, 0.1) is 0 Å². The number of nitrogens with zero attached hydrogens (tertiary/aromatic N) is 4. The van der Waals surface area contributed by atoms with Gasteiger partial charge in [0, 0.05) is 18.6 Å². The van der Waals surface area contributed by atoms with Gasteiger partial charge < -0.3 is 4.74 Å². The second-order valence-corrected chi connectivity index (χ2v) is 6.21. The second-order valence-electron chi connectivity index (χ2n) is 5.77. The minimum atomic E-state index is 0.0266. The zero-order chi connectivity index (χ0) is 16.7. The van der Waals surface area contributed by atoms with Gasteiger partial charge in [0.05, 0.1) is 23.6 Å². The van der Waals surface area contributed by atoms with Gasteiger partial charge in [0.15, 0.2) is 17.1 Å². The van der Waals surface area contributed by atoms with Crippen LogP contribution in [0.1, 0.15) is 34.7 Å². The van der Waals surface area contributed by atoms with E-state index in [9.17, 15) is 4.79 Å². The van der Waals surface area contributed by atoms with Crippen molar-refractivity contribution in [3.05, 3.63) is 46.4 Å². The molecule has 0 bridgehead atoms. The number of Topliss-reactive ketones (excluding diaryl/α,β-unsaturated/α-hetero) is 1. The van der Waals surface area contributed by atoms with Gasteiger partial charge in [-0.1, -0.05) is 23.7 Å². The Morgan fingerprint density at radius 2 is 2.17 bits per heavy atom. The highest BCUT2D eigenvalue weighted by molar-refractivity contribution is 6.30. The average Bonchev–Trinajstić information content (AvgIpc) is 2.94. The summed E-state index contributed by atoms with van der Waals surface area (Å²) in [7, 11) is 1.62. The molecule has 3 aromatic rings. The zero-order valence-electron chi connectivity index (χ0n) is 13.1. The lowest BCUT2D eigenvalue weighted by Crippen LogP contribution is -2.18. The lowest BCUT2D eigenvalue weighted by molar-refractivity contribution is 0.0964. The summed E-state index contributed by atoms with van der Waals surface area (Å²) in [5.74, 6) is 0.0266. The second kappa shape index (κ2) is 5.96. The van der Waals surface area contributed by atoms with Crippen molar-refractivity contribution in [2.75, 3.05) is 7.11 Å². The van der Waals surface area contributed by atoms with E-state index in [0.29, 0.717) is 29.4 Å². The van der Waals surface area contributed by atoms with E-state index >= 15 is 0 Å². The molecule has 0 N–H and O–H groups in total. The number of ketones is 1. The van der Waals surface area contributed by atoms with Gasteiger partial charge in [0.25, 0.3) is 0 Å². The van der Waals surface area contributed by atoms with Gasteiger partial charge in [-0.3, -0.25) is 4.79 Å². The third-order valence-electron chi connectivity index (χ3n) is 4.18. The summed E-state index contributed by atoms with van der Waals surface area (Å²) >= 11 is 6.14. The van der Waals surface area contributed by atoms with Gasteiger partial charge in [-0.05, 0) is 30.5 Å². The lowest BCUT2D eigenvalue weighted by Gasteiger charge is -2.13. The van der Waals surface area contributed by atoms with Crippen LogP contribution in [0.25, 0.3) is 16.8 Å². The van der Waals surface area contributed by atoms with Gasteiger partial charge >= 0.3 is 0 Å². The number of methoxy groups -OCH3 is 1. The van der Waals surface area contributed by atoms with Gasteiger partial charge in [-0.25, -0.2) is 4.52 Å². The van der Waals surface area contributed by atoms with E-state index in [1.165, 1.54) is 0 Å². The first kappa shape index (κ1) is 15.2. The summed E-state index contributed by atoms with van der Waals surface area (Å²) in [6.07, 6.45) is 2.08. The summed E-state index contributed by atoms with van der Waals surface area (Å²) in [5.41, 5.74) is 4.37. The molecule has 0 saturated heterocycles. The number of hydrogen-bond acceptors (Lipinski definition) is 5. The predicted molar refractivity (Wildman–Crippen MR) is 89.2 cm³/mol. The van der Waals surface area contributed by atoms with Crippen molar-refractivity contribution in [1.29, 1.82) is 0 Å². The smallest absolute Gasteiger partial charge is 0.185 e. The molecule has 1 aliphatic rings. The number of hydrogen-bond donors (Lipinski definition) is 0. The van der Waals surface area contributed by atoms with Crippen molar-refractivity contribution in [3.63, 3.8) is 0 Å². The molecule has 0 saturated carbocycles. The van der Waals surface area contributed by atoms with E-state index in [0.717, 1.165) is 35.4 Å². The monoisotopic (exact) mass is 342 g/mol. The Hall–Kier alpha value is -2.31. The summed E-state index contributed by atoms with van der Waals surface area (Å²) in [6.45, 7) is 0.341. The van der Waals surface area contributed by atoms with Crippen molar-refractivity contribution in [2.45, 2.75) is 25.9 Å². The third-order valence-corrected chi connectivity index (χ3v) is 4.42. The summed E-state index contributed by atoms with van der Waals surface area (Å²) in [6, 6.07) is 7.52. The van der Waals surface area contributed by atoms with E-state index in [-0.39, 0.29) is 5.78 Å². The van der Waals surface area contributed by atoms with Crippen LogP contribution in [-0.4, -0.2) is 32.7 Å². The topological polar surface area (TPSA) is 69.4 Å². The number of aryl methyl sites for hydroxylation is 1. The van der Waals surface area contributed by atoms with Crippen molar-refractivity contribution >= 4 is 23.0 Å². The molecule has 0 spiro atoms. The standard InChI is InChI=1S/C17H15ClN4O2/c1-24-9-12-15(10-4-2-5-11(18)8-10)17-20-19-16-13(22(17)21-12)6-3-7-14(16)23/h2,4-5,8H,3,6-7,9H2,1H3. The number of benzene rings is 1. The van der Waals surface area contributed by atoms with E-state index in [2.05, 4.69) is 15.3 Å². The fourth-order valence-electron chi connectivity index (χ4n) is 3.14. The van der Waals surface area contributed by atoms with Gasteiger partial charge in [-0.15, -0.1) is 10.2 Å². The van der Waals surface area contributed by atoms with Crippen LogP contribution in [0.2, 0.25) is 5.02 Å². The maximum atomic E-state index is 12.1.